The van der Waals surface area contributed by atoms with Crippen LogP contribution in [0.2, 0.25) is 10.0 Å². The van der Waals surface area contributed by atoms with Gasteiger partial charge in [0.15, 0.2) is 0 Å². The van der Waals surface area contributed by atoms with E-state index in [1.54, 1.807) is 49.7 Å². The molecular weight excluding hydrogens is 624 g/mol. The number of halogens is 3. The third-order valence-electron chi connectivity index (χ3n) is 9.14. The molecule has 1 amide bonds. The molecule has 1 saturated heterocycles. The van der Waals surface area contributed by atoms with Gasteiger partial charge in [0.25, 0.3) is 5.69 Å². The van der Waals surface area contributed by atoms with Crippen LogP contribution in [0.25, 0.3) is 0 Å². The topological polar surface area (TPSA) is 129 Å². The zero-order valence-electron chi connectivity index (χ0n) is 24.6. The molecule has 1 aliphatic carbocycles. The van der Waals surface area contributed by atoms with Crippen LogP contribution in [0.3, 0.4) is 0 Å². The monoisotopic (exact) mass is 655 g/mol. The van der Waals surface area contributed by atoms with Crippen LogP contribution in [0.4, 0.5) is 15.8 Å². The number of nitro groups is 1. The zero-order valence-corrected chi connectivity index (χ0v) is 26.1. The first-order valence-electron chi connectivity index (χ1n) is 14.6. The third-order valence-corrected chi connectivity index (χ3v) is 9.67. The Morgan fingerprint density at radius 3 is 2.71 bits per heavy atom. The van der Waals surface area contributed by atoms with E-state index in [1.807, 2.05) is 4.90 Å². The van der Waals surface area contributed by atoms with Crippen molar-refractivity contribution >= 4 is 46.7 Å². The second-order valence-electron chi connectivity index (χ2n) is 11.7. The van der Waals surface area contributed by atoms with Crippen molar-refractivity contribution in [3.05, 3.63) is 96.8 Å². The lowest BCUT2D eigenvalue weighted by Gasteiger charge is -2.39. The molecule has 0 radical (unpaired) electrons. The maximum Gasteiger partial charge on any atom is 0.277 e. The highest BCUT2D eigenvalue weighted by molar-refractivity contribution is 6.31. The van der Waals surface area contributed by atoms with Crippen LogP contribution < -0.4 is 15.4 Å². The number of benzene rings is 3. The number of amides is 1. The van der Waals surface area contributed by atoms with Gasteiger partial charge in [-0.2, -0.15) is 0 Å². The van der Waals surface area contributed by atoms with Crippen LogP contribution in [-0.4, -0.2) is 66.4 Å². The van der Waals surface area contributed by atoms with Crippen LogP contribution in [0.15, 0.2) is 53.5 Å². The summed E-state index contributed by atoms with van der Waals surface area (Å²) in [6, 6.07) is 11.3. The molecule has 3 aromatic carbocycles. The zero-order chi connectivity index (χ0) is 32.0. The van der Waals surface area contributed by atoms with E-state index in [0.717, 1.165) is 12.8 Å². The van der Waals surface area contributed by atoms with Gasteiger partial charge in [0.2, 0.25) is 5.91 Å². The van der Waals surface area contributed by atoms with Gasteiger partial charge in [-0.15, -0.1) is 0 Å². The standard InChI is InChI=1S/C32H32Cl2FN5O5/c1-36-13-19-10-18(25(40(43)44)12-27(19)45-2)14-37-30-26(16-41)39(15-17-6-7-17)32(28(30)21-4-3-5-23(34)29(21)35)22-9-8-20(33)11-24(22)38-31(32)42/h3-5,8-13,17,26,28,30,37,41H,6-7,14-16H2,1-2H3,(H,38,42)/t26-,28-,30+,32+/m0/s1. The normalized spacial score (nSPS) is 24.4. The molecule has 3 N–H and O–H groups in total. The number of rotatable bonds is 10. The van der Waals surface area contributed by atoms with E-state index in [9.17, 15) is 20.0 Å². The second kappa shape index (κ2) is 12.3. The molecule has 4 atom stereocenters. The number of nitrogens with one attached hydrogen (secondary N) is 2. The van der Waals surface area contributed by atoms with E-state index >= 15 is 4.39 Å². The Labute approximate surface area is 269 Å². The lowest BCUT2D eigenvalue weighted by molar-refractivity contribution is -0.385. The van der Waals surface area contributed by atoms with Crippen LogP contribution in [0.5, 0.6) is 5.75 Å². The maximum absolute atomic E-state index is 16.1. The first-order valence-corrected chi connectivity index (χ1v) is 15.3. The minimum atomic E-state index is -1.44. The van der Waals surface area contributed by atoms with Gasteiger partial charge in [-0.3, -0.25) is 24.8 Å². The van der Waals surface area contributed by atoms with Crippen molar-refractivity contribution in [2.45, 2.75) is 42.9 Å². The highest BCUT2D eigenvalue weighted by Crippen LogP contribution is 2.58. The lowest BCUT2D eigenvalue weighted by atomic mass is 9.73. The van der Waals surface area contributed by atoms with Crippen LogP contribution in [0, 0.1) is 21.8 Å². The van der Waals surface area contributed by atoms with Crippen molar-refractivity contribution in [3.63, 3.8) is 0 Å². The second-order valence-corrected chi connectivity index (χ2v) is 12.5. The van der Waals surface area contributed by atoms with E-state index < -0.39 is 34.3 Å². The van der Waals surface area contributed by atoms with Gasteiger partial charge in [0, 0.05) is 65.7 Å². The number of aliphatic hydroxyl groups is 1. The number of carbonyl (C=O) groups is 1. The van der Waals surface area contributed by atoms with E-state index in [-0.39, 0.29) is 41.1 Å². The van der Waals surface area contributed by atoms with E-state index in [4.69, 9.17) is 27.9 Å². The molecule has 0 aromatic heterocycles. The molecule has 0 bridgehead atoms. The average Bonchev–Trinajstić information content (AvgIpc) is 3.73. The smallest absolute Gasteiger partial charge is 0.277 e. The minimum Gasteiger partial charge on any atom is -0.496 e. The molecule has 1 saturated carbocycles. The summed E-state index contributed by atoms with van der Waals surface area (Å²) in [4.78, 5) is 32.1. The minimum absolute atomic E-state index is 0.0346. The number of hydrogen-bond acceptors (Lipinski definition) is 8. The number of hydrogen-bond donors (Lipinski definition) is 3. The molecule has 2 heterocycles. The summed E-state index contributed by atoms with van der Waals surface area (Å²) >= 11 is 12.6. The summed E-state index contributed by atoms with van der Waals surface area (Å²) in [5.41, 5.74) is 0.560. The summed E-state index contributed by atoms with van der Waals surface area (Å²) in [6.45, 7) is 0.0873. The summed E-state index contributed by atoms with van der Waals surface area (Å²) in [6.07, 6.45) is 3.47. The van der Waals surface area contributed by atoms with Crippen molar-refractivity contribution in [1.29, 1.82) is 0 Å². The molecule has 1 spiro atoms. The number of ether oxygens (including phenoxy) is 1. The lowest BCUT2D eigenvalue weighted by Crippen LogP contribution is -2.53. The van der Waals surface area contributed by atoms with Gasteiger partial charge in [0.1, 0.15) is 17.1 Å². The first kappa shape index (κ1) is 31.4. The Hall–Kier alpha value is -3.61. The van der Waals surface area contributed by atoms with Gasteiger partial charge < -0.3 is 20.5 Å². The van der Waals surface area contributed by atoms with Crippen molar-refractivity contribution in [2.24, 2.45) is 10.9 Å². The Morgan fingerprint density at radius 2 is 2.04 bits per heavy atom. The fraction of sp³-hybridized carbons (Fsp3) is 0.375. The number of nitrogens with zero attached hydrogens (tertiary/aromatic N) is 3. The highest BCUT2D eigenvalue weighted by atomic mass is 35.5. The first-order chi connectivity index (χ1) is 21.6. The number of methoxy groups -OCH3 is 1. The number of carbonyl (C=O) groups excluding carboxylic acids is 1. The summed E-state index contributed by atoms with van der Waals surface area (Å²) in [5, 5.41) is 29.9. The van der Waals surface area contributed by atoms with Gasteiger partial charge in [-0.1, -0.05) is 41.4 Å². The molecule has 2 fully saturated rings. The Morgan fingerprint density at radius 1 is 1.27 bits per heavy atom. The summed E-state index contributed by atoms with van der Waals surface area (Å²) in [5.74, 6) is -1.36. The Kier molecular flexibility index (Phi) is 8.57. The van der Waals surface area contributed by atoms with Gasteiger partial charge >= 0.3 is 0 Å². The predicted molar refractivity (Wildman–Crippen MR) is 170 cm³/mol. The molecule has 6 rings (SSSR count). The molecule has 2 aliphatic heterocycles. The third kappa shape index (κ3) is 5.26. The number of fused-ring (bicyclic) bond motifs is 2. The van der Waals surface area contributed by atoms with Crippen molar-refractivity contribution < 1.29 is 24.0 Å². The average molecular weight is 657 g/mol. The van der Waals surface area contributed by atoms with E-state index in [1.165, 1.54) is 19.2 Å². The van der Waals surface area contributed by atoms with Crippen molar-refractivity contribution in [2.75, 3.05) is 32.6 Å². The summed E-state index contributed by atoms with van der Waals surface area (Å²) < 4.78 is 21.5. The Balaban J connectivity index is 1.54. The molecule has 0 unspecified atom stereocenters. The van der Waals surface area contributed by atoms with Crippen LogP contribution in [-0.2, 0) is 16.9 Å². The molecule has 3 aliphatic rings. The molecule has 10 nitrogen and oxygen atoms in total. The molecule has 3 aromatic rings. The molecule has 45 heavy (non-hydrogen) atoms. The molecule has 13 heteroatoms. The van der Waals surface area contributed by atoms with Gasteiger partial charge in [-0.25, -0.2) is 4.39 Å². The van der Waals surface area contributed by atoms with E-state index in [0.29, 0.717) is 39.9 Å². The SMILES string of the molecule is CN=Cc1cc(CN[C@@H]2[C@H](CO)N(CC3CC3)[C@@]3(C(=O)Nc4cc(Cl)ccc43)[C@H]2c2cccc(Cl)c2F)c([N+](=O)[O-])cc1OC. The number of aliphatic imine (C=N–C) groups is 1. The fourth-order valence-electron chi connectivity index (χ4n) is 7.09. The predicted octanol–water partition coefficient (Wildman–Crippen LogP) is 5.27. The number of likely N-dealkylation sites (tertiary alicyclic amines) is 1. The van der Waals surface area contributed by atoms with Crippen LogP contribution >= 0.6 is 23.2 Å². The summed E-state index contributed by atoms with van der Waals surface area (Å²) in [7, 11) is 3.00. The highest BCUT2D eigenvalue weighted by Gasteiger charge is 2.67. The Bertz CT molecular complexity index is 1700. The van der Waals surface area contributed by atoms with Crippen molar-refractivity contribution in [1.82, 2.24) is 10.2 Å². The largest absolute Gasteiger partial charge is 0.496 e. The van der Waals surface area contributed by atoms with Crippen molar-refractivity contribution in [3.8, 4) is 5.75 Å². The fourth-order valence-corrected chi connectivity index (χ4v) is 7.45. The molecule has 236 valence electrons. The van der Waals surface area contributed by atoms with E-state index in [2.05, 4.69) is 15.6 Å². The van der Waals surface area contributed by atoms with Gasteiger partial charge in [0.05, 0.1) is 35.8 Å². The number of anilines is 1. The van der Waals surface area contributed by atoms with Crippen LogP contribution in [0.1, 0.15) is 41.0 Å². The van der Waals surface area contributed by atoms with Gasteiger partial charge in [-0.05, 0) is 48.6 Å². The molecular formula is C32H32Cl2FN5O5. The number of nitro benzene ring substituents is 1. The quantitative estimate of drug-likeness (QED) is 0.154. The number of aliphatic hydroxyl groups excluding tert-OH is 1. The maximum atomic E-state index is 16.1.